The smallest absolute Gasteiger partial charge is 0.0703 e. The molecule has 0 radical (unpaired) electrons. The number of ether oxygens (including phenoxy) is 1. The van der Waals surface area contributed by atoms with Crippen LogP contribution in [0.25, 0.3) is 0 Å². The maximum atomic E-state index is 9.84. The number of rotatable bonds is 2. The van der Waals surface area contributed by atoms with Crippen molar-refractivity contribution in [3.05, 3.63) is 0 Å². The van der Waals surface area contributed by atoms with Gasteiger partial charge in [0.2, 0.25) is 0 Å². The third kappa shape index (κ3) is 4.04. The monoisotopic (exact) mass is 278 g/mol. The zero-order valence-corrected chi connectivity index (χ0v) is 11.5. The zero-order valence-electron chi connectivity index (χ0n) is 9.95. The van der Waals surface area contributed by atoms with Crippen molar-refractivity contribution in [2.24, 2.45) is 5.92 Å². The average molecular weight is 279 g/mol. The van der Waals surface area contributed by atoms with Crippen LogP contribution in [0.2, 0.25) is 0 Å². The van der Waals surface area contributed by atoms with E-state index in [1.54, 1.807) is 0 Å². The maximum absolute atomic E-state index is 9.84. The minimum atomic E-state index is -0.198. The summed E-state index contributed by atoms with van der Waals surface area (Å²) in [5, 5.41) is 9.84. The Morgan fingerprint density at radius 3 is 2.67 bits per heavy atom. The fourth-order valence-corrected chi connectivity index (χ4v) is 2.53. The summed E-state index contributed by atoms with van der Waals surface area (Å²) < 4.78 is 5.96. The fraction of sp³-hybridized carbons (Fsp3) is 1.00. The lowest BCUT2D eigenvalue weighted by Crippen LogP contribution is -2.35. The molecule has 5 atom stereocenters. The van der Waals surface area contributed by atoms with Crippen molar-refractivity contribution >= 4 is 15.9 Å². The molecule has 0 amide bonds. The standard InChI is InChI=1S/C12H23BrO2/c1-4-10(13)12-6-5-8(2)11(14)7-9(3)15-12/h8-12,14H,4-7H2,1-3H3/t8-,9-,10+,11+,12+/m1/s1. The number of hydrogen-bond donors (Lipinski definition) is 1. The first-order chi connectivity index (χ1) is 7.04. The third-order valence-electron chi connectivity index (χ3n) is 3.34. The van der Waals surface area contributed by atoms with E-state index in [4.69, 9.17) is 4.74 Å². The van der Waals surface area contributed by atoms with Crippen molar-refractivity contribution in [1.29, 1.82) is 0 Å². The van der Waals surface area contributed by atoms with Gasteiger partial charge in [0, 0.05) is 4.83 Å². The zero-order chi connectivity index (χ0) is 11.4. The van der Waals surface area contributed by atoms with Gasteiger partial charge in [0.15, 0.2) is 0 Å². The van der Waals surface area contributed by atoms with Gasteiger partial charge in [-0.3, -0.25) is 0 Å². The normalized spacial score (nSPS) is 40.6. The molecular weight excluding hydrogens is 256 g/mol. The summed E-state index contributed by atoms with van der Waals surface area (Å²) >= 11 is 3.67. The summed E-state index contributed by atoms with van der Waals surface area (Å²) in [6.45, 7) is 6.36. The molecule has 0 aromatic rings. The van der Waals surface area contributed by atoms with Crippen LogP contribution < -0.4 is 0 Å². The van der Waals surface area contributed by atoms with E-state index >= 15 is 0 Å². The molecule has 1 aliphatic heterocycles. The van der Waals surface area contributed by atoms with Crippen LogP contribution in [-0.2, 0) is 4.74 Å². The molecule has 1 fully saturated rings. The Bertz CT molecular complexity index is 186. The summed E-state index contributed by atoms with van der Waals surface area (Å²) in [6.07, 6.45) is 4.23. The molecule has 3 heteroatoms. The Balaban J connectivity index is 2.55. The number of hydrogen-bond acceptors (Lipinski definition) is 2. The molecule has 0 saturated carbocycles. The quantitative estimate of drug-likeness (QED) is 0.787. The largest absolute Gasteiger partial charge is 0.393 e. The molecule has 1 saturated heterocycles. The van der Waals surface area contributed by atoms with Gasteiger partial charge in [-0.2, -0.15) is 0 Å². The first kappa shape index (κ1) is 13.5. The second kappa shape index (κ2) is 6.21. The van der Waals surface area contributed by atoms with E-state index in [-0.39, 0.29) is 12.2 Å². The van der Waals surface area contributed by atoms with Gasteiger partial charge < -0.3 is 9.84 Å². The van der Waals surface area contributed by atoms with E-state index in [0.717, 1.165) is 25.7 Å². The Morgan fingerprint density at radius 1 is 1.40 bits per heavy atom. The molecule has 0 aromatic carbocycles. The van der Waals surface area contributed by atoms with Crippen LogP contribution in [0.4, 0.5) is 0 Å². The Morgan fingerprint density at radius 2 is 2.07 bits per heavy atom. The van der Waals surface area contributed by atoms with Crippen LogP contribution in [0.5, 0.6) is 0 Å². The van der Waals surface area contributed by atoms with Gasteiger partial charge in [-0.1, -0.05) is 29.8 Å². The van der Waals surface area contributed by atoms with Crippen molar-refractivity contribution in [2.45, 2.75) is 69.6 Å². The van der Waals surface area contributed by atoms with Crippen molar-refractivity contribution in [2.75, 3.05) is 0 Å². The highest BCUT2D eigenvalue weighted by Crippen LogP contribution is 2.27. The predicted molar refractivity (Wildman–Crippen MR) is 66.4 cm³/mol. The SMILES string of the molecule is CC[C@H](Br)[C@@H]1CC[C@@H](C)[C@@H](O)C[C@@H](C)O1. The summed E-state index contributed by atoms with van der Waals surface area (Å²) in [7, 11) is 0. The minimum absolute atomic E-state index is 0.166. The van der Waals surface area contributed by atoms with Crippen LogP contribution in [0.15, 0.2) is 0 Å². The Kier molecular flexibility index (Phi) is 5.58. The highest BCUT2D eigenvalue weighted by Gasteiger charge is 2.27. The molecule has 1 heterocycles. The Labute approximate surface area is 102 Å². The highest BCUT2D eigenvalue weighted by molar-refractivity contribution is 9.09. The number of aliphatic hydroxyl groups excluding tert-OH is 1. The molecule has 0 aliphatic carbocycles. The molecule has 1 rings (SSSR count). The van der Waals surface area contributed by atoms with Crippen LogP contribution in [-0.4, -0.2) is 28.2 Å². The Hall–Kier alpha value is 0.400. The molecule has 0 bridgehead atoms. The molecule has 0 unspecified atom stereocenters. The molecule has 90 valence electrons. The average Bonchev–Trinajstić information content (AvgIpc) is 2.20. The van der Waals surface area contributed by atoms with Crippen molar-refractivity contribution in [3.8, 4) is 0 Å². The molecule has 0 spiro atoms. The first-order valence-corrected chi connectivity index (χ1v) is 6.93. The maximum Gasteiger partial charge on any atom is 0.0703 e. The molecule has 15 heavy (non-hydrogen) atoms. The van der Waals surface area contributed by atoms with E-state index in [1.165, 1.54) is 0 Å². The summed E-state index contributed by atoms with van der Waals surface area (Å²) in [5.41, 5.74) is 0. The second-order valence-corrected chi connectivity index (χ2v) is 5.94. The van der Waals surface area contributed by atoms with Gasteiger partial charge in [-0.25, -0.2) is 0 Å². The fourth-order valence-electron chi connectivity index (χ4n) is 2.14. The van der Waals surface area contributed by atoms with Crippen molar-refractivity contribution < 1.29 is 9.84 Å². The van der Waals surface area contributed by atoms with E-state index in [2.05, 4.69) is 36.7 Å². The second-order valence-electron chi connectivity index (χ2n) is 4.77. The minimum Gasteiger partial charge on any atom is -0.393 e. The van der Waals surface area contributed by atoms with E-state index in [9.17, 15) is 5.11 Å². The van der Waals surface area contributed by atoms with Crippen LogP contribution in [0, 0.1) is 5.92 Å². The van der Waals surface area contributed by atoms with Crippen LogP contribution >= 0.6 is 15.9 Å². The van der Waals surface area contributed by atoms with Crippen molar-refractivity contribution in [1.82, 2.24) is 0 Å². The number of aliphatic hydroxyl groups is 1. The third-order valence-corrected chi connectivity index (χ3v) is 4.57. The van der Waals surface area contributed by atoms with Crippen molar-refractivity contribution in [3.63, 3.8) is 0 Å². The number of halogens is 1. The lowest BCUT2D eigenvalue weighted by molar-refractivity contribution is -0.0588. The van der Waals surface area contributed by atoms with E-state index in [0.29, 0.717) is 16.8 Å². The van der Waals surface area contributed by atoms with Gasteiger partial charge in [0.05, 0.1) is 18.3 Å². The van der Waals surface area contributed by atoms with Gasteiger partial charge in [0.1, 0.15) is 0 Å². The highest BCUT2D eigenvalue weighted by atomic mass is 79.9. The summed E-state index contributed by atoms with van der Waals surface area (Å²) in [4.78, 5) is 0.447. The molecule has 0 aromatic heterocycles. The van der Waals surface area contributed by atoms with E-state index < -0.39 is 0 Å². The first-order valence-electron chi connectivity index (χ1n) is 6.02. The molecular formula is C12H23BrO2. The summed E-state index contributed by atoms with van der Waals surface area (Å²) in [5.74, 6) is 0.399. The lowest BCUT2D eigenvalue weighted by atomic mass is 9.91. The van der Waals surface area contributed by atoms with Crippen LogP contribution in [0.1, 0.15) is 46.5 Å². The lowest BCUT2D eigenvalue weighted by Gasteiger charge is -2.32. The van der Waals surface area contributed by atoms with Gasteiger partial charge in [0.25, 0.3) is 0 Å². The van der Waals surface area contributed by atoms with E-state index in [1.807, 2.05) is 0 Å². The van der Waals surface area contributed by atoms with Gasteiger partial charge in [-0.05, 0) is 38.5 Å². The summed E-state index contributed by atoms with van der Waals surface area (Å²) in [6, 6.07) is 0. The van der Waals surface area contributed by atoms with Gasteiger partial charge >= 0.3 is 0 Å². The molecule has 2 nitrogen and oxygen atoms in total. The molecule has 1 aliphatic rings. The topological polar surface area (TPSA) is 29.5 Å². The number of alkyl halides is 1. The molecule has 1 N–H and O–H groups in total. The van der Waals surface area contributed by atoms with Gasteiger partial charge in [-0.15, -0.1) is 0 Å². The van der Waals surface area contributed by atoms with Crippen LogP contribution in [0.3, 0.4) is 0 Å². The predicted octanol–water partition coefficient (Wildman–Crippen LogP) is 3.11.